The fourth-order valence-corrected chi connectivity index (χ4v) is 4.05. The molecule has 1 aromatic carbocycles. The van der Waals surface area contributed by atoms with Crippen LogP contribution in [0.1, 0.15) is 61.8 Å². The number of nitrogens with zero attached hydrogens (tertiary/aromatic N) is 2. The lowest BCUT2D eigenvalue weighted by molar-refractivity contribution is -0.141. The van der Waals surface area contributed by atoms with E-state index in [1.807, 2.05) is 13.0 Å². The van der Waals surface area contributed by atoms with Crippen molar-refractivity contribution in [3.63, 3.8) is 0 Å². The largest absolute Gasteiger partial charge is 0.379 e. The quantitative estimate of drug-likeness (QED) is 0.453. The standard InChI is InChI=1S/C18H23N5O2/c1-10-16-13(11-5-3-4-6-11)7-12(8-14(16)22-21-10)15-9-18(2,25-23-15)17(24)20-19/h7-8,11H,3-6,9,19H2,1-2H3,(H,20,24)(H,21,22). The average molecular weight is 341 g/mol. The van der Waals surface area contributed by atoms with E-state index in [4.69, 9.17) is 10.7 Å². The molecule has 7 heteroatoms. The molecule has 1 fully saturated rings. The van der Waals surface area contributed by atoms with Crippen LogP contribution >= 0.6 is 0 Å². The van der Waals surface area contributed by atoms with Gasteiger partial charge in [-0.25, -0.2) is 5.84 Å². The van der Waals surface area contributed by atoms with E-state index in [1.54, 1.807) is 6.92 Å². The number of nitrogens with two attached hydrogens (primary N) is 1. The minimum atomic E-state index is -1.06. The third-order valence-corrected chi connectivity index (χ3v) is 5.48. The van der Waals surface area contributed by atoms with Crippen LogP contribution in [0.2, 0.25) is 0 Å². The topological polar surface area (TPSA) is 105 Å². The van der Waals surface area contributed by atoms with Crippen LogP contribution in [0.3, 0.4) is 0 Å². The van der Waals surface area contributed by atoms with E-state index >= 15 is 0 Å². The van der Waals surface area contributed by atoms with E-state index in [9.17, 15) is 4.79 Å². The summed E-state index contributed by atoms with van der Waals surface area (Å²) in [6.45, 7) is 3.73. The number of aryl methyl sites for hydroxylation is 1. The molecule has 2 aromatic rings. The summed E-state index contributed by atoms with van der Waals surface area (Å²) in [5, 5.41) is 12.9. The van der Waals surface area contributed by atoms with Gasteiger partial charge in [-0.05, 0) is 50.3 Å². The summed E-state index contributed by atoms with van der Waals surface area (Å²) in [7, 11) is 0. The number of rotatable bonds is 3. The number of carbonyl (C=O) groups is 1. The van der Waals surface area contributed by atoms with Crippen molar-refractivity contribution in [2.75, 3.05) is 0 Å². The molecule has 132 valence electrons. The van der Waals surface area contributed by atoms with E-state index in [-0.39, 0.29) is 5.91 Å². The minimum Gasteiger partial charge on any atom is -0.379 e. The average Bonchev–Trinajstić information content (AvgIpc) is 3.34. The predicted molar refractivity (Wildman–Crippen MR) is 95.0 cm³/mol. The van der Waals surface area contributed by atoms with E-state index in [0.717, 1.165) is 22.5 Å². The molecule has 1 atom stereocenters. The molecule has 4 rings (SSSR count). The Labute approximate surface area is 145 Å². The normalized spacial score (nSPS) is 23.7. The summed E-state index contributed by atoms with van der Waals surface area (Å²) >= 11 is 0. The zero-order valence-corrected chi connectivity index (χ0v) is 14.6. The van der Waals surface area contributed by atoms with Crippen LogP contribution in [-0.4, -0.2) is 27.4 Å². The maximum absolute atomic E-state index is 12.0. The molecular weight excluding hydrogens is 318 g/mol. The number of oxime groups is 1. The highest BCUT2D eigenvalue weighted by molar-refractivity contribution is 6.07. The Morgan fingerprint density at radius 3 is 2.88 bits per heavy atom. The molecule has 0 radical (unpaired) electrons. The Morgan fingerprint density at radius 2 is 2.16 bits per heavy atom. The van der Waals surface area contributed by atoms with Crippen molar-refractivity contribution in [2.24, 2.45) is 11.0 Å². The smallest absolute Gasteiger partial charge is 0.281 e. The molecule has 25 heavy (non-hydrogen) atoms. The summed E-state index contributed by atoms with van der Waals surface area (Å²) in [6, 6.07) is 4.25. The van der Waals surface area contributed by atoms with Crippen molar-refractivity contribution in [3.8, 4) is 0 Å². The second kappa shape index (κ2) is 5.84. The van der Waals surface area contributed by atoms with Crippen LogP contribution in [0.4, 0.5) is 0 Å². The first-order valence-corrected chi connectivity index (χ1v) is 8.77. The van der Waals surface area contributed by atoms with Gasteiger partial charge in [-0.2, -0.15) is 5.10 Å². The Balaban J connectivity index is 1.75. The second-order valence-electron chi connectivity index (χ2n) is 7.29. The van der Waals surface area contributed by atoms with Gasteiger partial charge in [0.05, 0.1) is 16.9 Å². The third kappa shape index (κ3) is 2.59. The zero-order chi connectivity index (χ0) is 17.6. The number of hydrogen-bond acceptors (Lipinski definition) is 5. The van der Waals surface area contributed by atoms with Gasteiger partial charge in [0.25, 0.3) is 5.91 Å². The van der Waals surface area contributed by atoms with Gasteiger partial charge in [0.2, 0.25) is 5.60 Å². The molecule has 1 aromatic heterocycles. The number of benzene rings is 1. The number of amides is 1. The van der Waals surface area contributed by atoms with Gasteiger partial charge in [0.15, 0.2) is 0 Å². The fraction of sp³-hybridized carbons (Fsp3) is 0.500. The van der Waals surface area contributed by atoms with Crippen molar-refractivity contribution >= 4 is 22.5 Å². The van der Waals surface area contributed by atoms with Crippen LogP contribution in [0.5, 0.6) is 0 Å². The molecule has 1 unspecified atom stereocenters. The van der Waals surface area contributed by atoms with Crippen LogP contribution in [0.15, 0.2) is 17.3 Å². The molecule has 4 N–H and O–H groups in total. The first kappa shape index (κ1) is 16.1. The lowest BCUT2D eigenvalue weighted by atomic mass is 9.88. The zero-order valence-electron chi connectivity index (χ0n) is 14.6. The van der Waals surface area contributed by atoms with Crippen molar-refractivity contribution in [1.82, 2.24) is 15.6 Å². The lowest BCUT2D eigenvalue weighted by Crippen LogP contribution is -2.47. The molecule has 1 amide bonds. The number of nitrogens with one attached hydrogen (secondary N) is 2. The predicted octanol–water partition coefficient (Wildman–Crippen LogP) is 2.40. The summed E-state index contributed by atoms with van der Waals surface area (Å²) in [6.07, 6.45) is 5.34. The molecule has 2 aliphatic rings. The minimum absolute atomic E-state index is 0.374. The molecule has 1 aliphatic heterocycles. The van der Waals surface area contributed by atoms with Gasteiger partial charge in [-0.3, -0.25) is 15.3 Å². The molecule has 0 saturated heterocycles. The lowest BCUT2D eigenvalue weighted by Gasteiger charge is -2.18. The van der Waals surface area contributed by atoms with Gasteiger partial charge >= 0.3 is 0 Å². The van der Waals surface area contributed by atoms with E-state index in [2.05, 4.69) is 26.8 Å². The van der Waals surface area contributed by atoms with Crippen molar-refractivity contribution < 1.29 is 9.63 Å². The molecule has 1 saturated carbocycles. The summed E-state index contributed by atoms with van der Waals surface area (Å²) < 4.78 is 0. The first-order chi connectivity index (χ1) is 12.0. The Bertz CT molecular complexity index is 866. The van der Waals surface area contributed by atoms with Crippen molar-refractivity contribution in [2.45, 2.75) is 57.5 Å². The van der Waals surface area contributed by atoms with Crippen LogP contribution in [-0.2, 0) is 9.63 Å². The first-order valence-electron chi connectivity index (χ1n) is 8.77. The molecule has 2 heterocycles. The highest BCUT2D eigenvalue weighted by Crippen LogP contribution is 2.39. The highest BCUT2D eigenvalue weighted by Gasteiger charge is 2.42. The number of hydrogen-bond donors (Lipinski definition) is 3. The van der Waals surface area contributed by atoms with Gasteiger partial charge in [-0.1, -0.05) is 18.0 Å². The van der Waals surface area contributed by atoms with E-state index in [1.165, 1.54) is 36.6 Å². The second-order valence-corrected chi connectivity index (χ2v) is 7.29. The number of aromatic amines is 1. The monoisotopic (exact) mass is 341 g/mol. The Morgan fingerprint density at radius 1 is 1.40 bits per heavy atom. The molecule has 0 spiro atoms. The number of fused-ring (bicyclic) bond motifs is 1. The molecule has 1 aliphatic carbocycles. The van der Waals surface area contributed by atoms with Crippen molar-refractivity contribution in [3.05, 3.63) is 29.0 Å². The summed E-state index contributed by atoms with van der Waals surface area (Å²) in [5.74, 6) is 5.44. The summed E-state index contributed by atoms with van der Waals surface area (Å²) in [5.41, 5.74) is 6.21. The molecule has 7 nitrogen and oxygen atoms in total. The Hall–Kier alpha value is -2.41. The van der Waals surface area contributed by atoms with Gasteiger partial charge in [0, 0.05) is 17.4 Å². The maximum atomic E-state index is 12.0. The van der Waals surface area contributed by atoms with Crippen LogP contribution < -0.4 is 11.3 Å². The molecular formula is C18H23N5O2. The number of aromatic nitrogens is 2. The third-order valence-electron chi connectivity index (χ3n) is 5.48. The number of hydrazine groups is 1. The number of H-pyrrole nitrogens is 1. The van der Waals surface area contributed by atoms with Crippen LogP contribution in [0, 0.1) is 6.92 Å². The SMILES string of the molecule is Cc1n[nH]c2cc(C3=NOC(C)(C(=O)NN)C3)cc(C3CCCC3)c12. The Kier molecular flexibility index (Phi) is 3.76. The number of carbonyl (C=O) groups excluding carboxylic acids is 1. The summed E-state index contributed by atoms with van der Waals surface area (Å²) in [4.78, 5) is 17.4. The van der Waals surface area contributed by atoms with Crippen molar-refractivity contribution in [1.29, 1.82) is 0 Å². The maximum Gasteiger partial charge on any atom is 0.281 e. The molecule has 0 bridgehead atoms. The van der Waals surface area contributed by atoms with E-state index < -0.39 is 5.60 Å². The van der Waals surface area contributed by atoms with Gasteiger partial charge < -0.3 is 4.84 Å². The van der Waals surface area contributed by atoms with Gasteiger partial charge in [-0.15, -0.1) is 0 Å². The van der Waals surface area contributed by atoms with E-state index in [0.29, 0.717) is 12.3 Å². The highest BCUT2D eigenvalue weighted by atomic mass is 16.7. The van der Waals surface area contributed by atoms with Crippen LogP contribution in [0.25, 0.3) is 10.9 Å². The fourth-order valence-electron chi connectivity index (χ4n) is 4.05. The van der Waals surface area contributed by atoms with Gasteiger partial charge in [0.1, 0.15) is 0 Å².